The maximum Gasteiger partial charge on any atom is 0.184 e. The lowest BCUT2D eigenvalue weighted by atomic mass is 9.96. The first-order valence-corrected chi connectivity index (χ1v) is 6.00. The number of fused-ring (bicyclic) bond motifs is 3. The van der Waals surface area contributed by atoms with Crippen LogP contribution in [0.15, 0.2) is 53.2 Å². The van der Waals surface area contributed by atoms with Crippen LogP contribution < -0.4 is 11.2 Å². The largest absolute Gasteiger partial charge is 0.375 e. The summed E-state index contributed by atoms with van der Waals surface area (Å²) in [7, 11) is 0. The molecule has 0 bridgehead atoms. The summed E-state index contributed by atoms with van der Waals surface area (Å²) in [5.74, 6) is 0. The lowest BCUT2D eigenvalue weighted by molar-refractivity contribution is 1.03. The Labute approximate surface area is 110 Å². The molecule has 3 rings (SSSR count). The zero-order chi connectivity index (χ0) is 12.5. The van der Waals surface area contributed by atoms with Gasteiger partial charge in [0.2, 0.25) is 0 Å². The Bertz CT molecular complexity index is 651. The van der Waals surface area contributed by atoms with E-state index < -0.39 is 0 Å². The zero-order valence-electron chi connectivity index (χ0n) is 9.55. The van der Waals surface area contributed by atoms with Gasteiger partial charge < -0.3 is 5.73 Å². The van der Waals surface area contributed by atoms with Crippen LogP contribution in [0.2, 0.25) is 0 Å². The molecular weight excluding hydrogens is 242 g/mol. The Kier molecular flexibility index (Phi) is 2.57. The molecule has 3 N–H and O–H groups in total. The molecule has 0 heterocycles. The molecule has 1 aromatic carbocycles. The number of allylic oxidation sites excluding steroid dienone is 5. The molecule has 0 amide bonds. The average molecular weight is 253 g/mol. The van der Waals surface area contributed by atoms with E-state index in [9.17, 15) is 0 Å². The van der Waals surface area contributed by atoms with E-state index in [0.717, 1.165) is 11.3 Å². The molecule has 0 aromatic heterocycles. The Hall–Kier alpha value is -2.20. The summed E-state index contributed by atoms with van der Waals surface area (Å²) < 4.78 is 0. The molecule has 0 radical (unpaired) electrons. The van der Waals surface area contributed by atoms with Gasteiger partial charge in [0.05, 0.1) is 5.71 Å². The summed E-state index contributed by atoms with van der Waals surface area (Å²) in [6.45, 7) is 0. The van der Waals surface area contributed by atoms with Crippen molar-refractivity contribution in [1.82, 2.24) is 5.43 Å². The summed E-state index contributed by atoms with van der Waals surface area (Å²) >= 11 is 4.75. The lowest BCUT2D eigenvalue weighted by Crippen LogP contribution is -2.25. The van der Waals surface area contributed by atoms with Crippen LogP contribution in [0.3, 0.4) is 0 Å². The summed E-state index contributed by atoms with van der Waals surface area (Å²) in [4.78, 5) is 0. The van der Waals surface area contributed by atoms with Crippen molar-refractivity contribution in [2.75, 3.05) is 0 Å². The summed E-state index contributed by atoms with van der Waals surface area (Å²) in [5, 5.41) is 4.38. The minimum atomic E-state index is 0.170. The Balaban J connectivity index is 2.03. The van der Waals surface area contributed by atoms with Gasteiger partial charge in [-0.05, 0) is 41.1 Å². The fourth-order valence-corrected chi connectivity index (χ4v) is 2.22. The fraction of sp³-hybridized carbons (Fsp3) is 0. The molecule has 18 heavy (non-hydrogen) atoms. The molecule has 2 aliphatic carbocycles. The standard InChI is InChI=1S/C14H11N3S/c15-14(18)17-16-13-7-3-6-11-10-5-2-1-4-9(10)8-12(11)13/h1-8H,(H3,15,17,18). The third-order valence-electron chi connectivity index (χ3n) is 2.92. The maximum atomic E-state index is 5.39. The molecule has 0 fully saturated rings. The van der Waals surface area contributed by atoms with E-state index >= 15 is 0 Å². The molecule has 0 spiro atoms. The first-order valence-electron chi connectivity index (χ1n) is 5.59. The second-order valence-electron chi connectivity index (χ2n) is 4.06. The number of hydrazone groups is 1. The molecule has 1 aromatic rings. The Morgan fingerprint density at radius 2 is 2.06 bits per heavy atom. The molecule has 3 nitrogen and oxygen atoms in total. The molecule has 0 unspecified atom stereocenters. The van der Waals surface area contributed by atoms with E-state index in [-0.39, 0.29) is 5.11 Å². The van der Waals surface area contributed by atoms with Gasteiger partial charge in [-0.2, -0.15) is 5.10 Å². The lowest BCUT2D eigenvalue weighted by Gasteiger charge is -2.11. The number of nitrogens with two attached hydrogens (primary N) is 1. The van der Waals surface area contributed by atoms with Crippen LogP contribution in [0, 0.1) is 0 Å². The highest BCUT2D eigenvalue weighted by Crippen LogP contribution is 2.37. The molecule has 88 valence electrons. The van der Waals surface area contributed by atoms with Crippen molar-refractivity contribution in [2.24, 2.45) is 10.8 Å². The second-order valence-corrected chi connectivity index (χ2v) is 4.50. The number of benzene rings is 1. The number of rotatable bonds is 1. The maximum absolute atomic E-state index is 5.39. The molecule has 0 saturated carbocycles. The first kappa shape index (κ1) is 10.9. The topological polar surface area (TPSA) is 50.4 Å². The van der Waals surface area contributed by atoms with Gasteiger partial charge >= 0.3 is 0 Å². The third kappa shape index (κ3) is 1.76. The molecule has 0 aliphatic heterocycles. The van der Waals surface area contributed by atoms with E-state index in [1.807, 2.05) is 24.3 Å². The third-order valence-corrected chi connectivity index (χ3v) is 3.01. The van der Waals surface area contributed by atoms with Gasteiger partial charge in [-0.15, -0.1) is 0 Å². The van der Waals surface area contributed by atoms with E-state index in [1.165, 1.54) is 16.7 Å². The van der Waals surface area contributed by atoms with Crippen molar-refractivity contribution in [3.63, 3.8) is 0 Å². The molecule has 0 atom stereocenters. The smallest absolute Gasteiger partial charge is 0.184 e. The van der Waals surface area contributed by atoms with Gasteiger partial charge in [-0.3, -0.25) is 5.43 Å². The van der Waals surface area contributed by atoms with Crippen molar-refractivity contribution in [3.8, 4) is 0 Å². The Morgan fingerprint density at radius 3 is 2.89 bits per heavy atom. The van der Waals surface area contributed by atoms with Crippen LogP contribution in [0.4, 0.5) is 0 Å². The number of hydrogen-bond acceptors (Lipinski definition) is 2. The van der Waals surface area contributed by atoms with Crippen molar-refractivity contribution in [1.29, 1.82) is 0 Å². The Morgan fingerprint density at radius 1 is 1.22 bits per heavy atom. The summed E-state index contributed by atoms with van der Waals surface area (Å²) in [5.41, 5.74) is 13.6. The fourth-order valence-electron chi connectivity index (χ4n) is 2.18. The van der Waals surface area contributed by atoms with E-state index in [0.29, 0.717) is 0 Å². The van der Waals surface area contributed by atoms with Gasteiger partial charge in [0.25, 0.3) is 0 Å². The number of hydrogen-bond donors (Lipinski definition) is 2. The number of nitrogens with zero attached hydrogens (tertiary/aromatic N) is 1. The van der Waals surface area contributed by atoms with Crippen LogP contribution in [-0.4, -0.2) is 10.8 Å². The summed E-state index contributed by atoms with van der Waals surface area (Å²) in [6, 6.07) is 8.28. The predicted molar refractivity (Wildman–Crippen MR) is 78.9 cm³/mol. The molecule has 4 heteroatoms. The molecule has 2 aliphatic rings. The average Bonchev–Trinajstić information content (AvgIpc) is 2.75. The van der Waals surface area contributed by atoms with Gasteiger partial charge in [0.15, 0.2) is 5.11 Å². The van der Waals surface area contributed by atoms with Gasteiger partial charge in [-0.25, -0.2) is 0 Å². The van der Waals surface area contributed by atoms with Crippen LogP contribution in [-0.2, 0) is 0 Å². The highest BCUT2D eigenvalue weighted by atomic mass is 32.1. The normalized spacial score (nSPS) is 17.9. The van der Waals surface area contributed by atoms with Crippen LogP contribution in [0.5, 0.6) is 0 Å². The minimum absolute atomic E-state index is 0.170. The quantitative estimate of drug-likeness (QED) is 0.596. The highest BCUT2D eigenvalue weighted by molar-refractivity contribution is 7.80. The first-order chi connectivity index (χ1) is 8.75. The van der Waals surface area contributed by atoms with Crippen molar-refractivity contribution >= 4 is 34.7 Å². The summed E-state index contributed by atoms with van der Waals surface area (Å²) in [6.07, 6.45) is 8.14. The van der Waals surface area contributed by atoms with Gasteiger partial charge in [-0.1, -0.05) is 36.4 Å². The van der Waals surface area contributed by atoms with Gasteiger partial charge in [0.1, 0.15) is 0 Å². The number of thiocarbonyl (C=S) groups is 1. The highest BCUT2D eigenvalue weighted by Gasteiger charge is 2.22. The van der Waals surface area contributed by atoms with Crippen molar-refractivity contribution in [2.45, 2.75) is 0 Å². The monoisotopic (exact) mass is 253 g/mol. The van der Waals surface area contributed by atoms with E-state index in [4.69, 9.17) is 18.0 Å². The van der Waals surface area contributed by atoms with Gasteiger partial charge in [0, 0.05) is 5.57 Å². The van der Waals surface area contributed by atoms with Crippen LogP contribution >= 0.6 is 12.2 Å². The SMILES string of the molecule is NC(=S)NN=C1C=CC=C2C1=Cc1ccccc12. The second kappa shape index (κ2) is 4.23. The molecular formula is C14H11N3S. The molecule has 0 saturated heterocycles. The van der Waals surface area contributed by atoms with Crippen LogP contribution in [0.25, 0.3) is 11.6 Å². The predicted octanol–water partition coefficient (Wildman–Crippen LogP) is 2.23. The zero-order valence-corrected chi connectivity index (χ0v) is 10.4. The van der Waals surface area contributed by atoms with E-state index in [2.05, 4.69) is 34.8 Å². The minimum Gasteiger partial charge on any atom is -0.375 e. The van der Waals surface area contributed by atoms with Crippen LogP contribution in [0.1, 0.15) is 11.1 Å². The number of nitrogens with one attached hydrogen (secondary N) is 1. The van der Waals surface area contributed by atoms with Crippen molar-refractivity contribution < 1.29 is 0 Å². The van der Waals surface area contributed by atoms with E-state index in [1.54, 1.807) is 0 Å². The van der Waals surface area contributed by atoms with Crippen molar-refractivity contribution in [3.05, 3.63) is 59.2 Å².